The molecule has 0 aliphatic carbocycles. The number of nitrogens with one attached hydrogen (secondary N) is 1. The lowest BCUT2D eigenvalue weighted by molar-refractivity contribution is -0.384. The van der Waals surface area contributed by atoms with Gasteiger partial charge in [-0.15, -0.1) is 0 Å². The number of rotatable bonds is 5. The lowest BCUT2D eigenvalue weighted by atomic mass is 10.1. The highest BCUT2D eigenvalue weighted by Gasteiger charge is 2.20. The summed E-state index contributed by atoms with van der Waals surface area (Å²) in [5, 5.41) is 22.7. The van der Waals surface area contributed by atoms with Gasteiger partial charge < -0.3 is 15.2 Å². The molecule has 0 unspecified atom stereocenters. The lowest BCUT2D eigenvalue weighted by Gasteiger charge is -2.18. The topological polar surface area (TPSA) is 102 Å². The summed E-state index contributed by atoms with van der Waals surface area (Å²) >= 11 is 0. The predicted octanol–water partition coefficient (Wildman–Crippen LogP) is 1.10. The number of hydrogen-bond acceptors (Lipinski definition) is 5. The van der Waals surface area contributed by atoms with Gasteiger partial charge in [0.05, 0.1) is 23.2 Å². The lowest BCUT2D eigenvalue weighted by Crippen LogP contribution is -2.38. The summed E-state index contributed by atoms with van der Waals surface area (Å²) in [6.45, 7) is 3.10. The van der Waals surface area contributed by atoms with Crippen LogP contribution in [-0.4, -0.2) is 35.2 Å². The van der Waals surface area contributed by atoms with Gasteiger partial charge in [0.25, 0.3) is 11.6 Å². The van der Waals surface area contributed by atoms with Gasteiger partial charge >= 0.3 is 0 Å². The monoisotopic (exact) mass is 268 g/mol. The minimum absolute atomic E-state index is 0.0255. The fourth-order valence-electron chi connectivity index (χ4n) is 1.38. The molecule has 0 fully saturated rings. The number of nitrogens with zero attached hydrogens (tertiary/aromatic N) is 1. The minimum Gasteiger partial charge on any atom is -0.496 e. The summed E-state index contributed by atoms with van der Waals surface area (Å²) in [5.74, 6) is -0.304. The van der Waals surface area contributed by atoms with Crippen LogP contribution in [0, 0.1) is 10.1 Å². The van der Waals surface area contributed by atoms with Crippen molar-refractivity contribution in [1.29, 1.82) is 0 Å². The Kier molecular flexibility index (Phi) is 4.44. The van der Waals surface area contributed by atoms with Crippen molar-refractivity contribution in [2.24, 2.45) is 0 Å². The van der Waals surface area contributed by atoms with Gasteiger partial charge in [-0.1, -0.05) is 0 Å². The molecule has 1 aromatic carbocycles. The molecule has 0 saturated heterocycles. The van der Waals surface area contributed by atoms with Crippen LogP contribution >= 0.6 is 0 Å². The molecule has 0 aromatic heterocycles. The number of carbonyl (C=O) groups is 1. The van der Waals surface area contributed by atoms with Crippen molar-refractivity contribution >= 4 is 11.6 Å². The van der Waals surface area contributed by atoms with Gasteiger partial charge in [-0.05, 0) is 19.9 Å². The molecule has 1 rings (SSSR count). The molecule has 19 heavy (non-hydrogen) atoms. The Balaban J connectivity index is 2.99. The third-order valence-corrected chi connectivity index (χ3v) is 2.32. The number of carbonyl (C=O) groups excluding carboxylic acids is 1. The standard InChI is InChI=1S/C12H16N2O5/c1-12(2,16)7-13-11(15)9-6-8(14(17)18)4-5-10(9)19-3/h4-6,16H,7H2,1-3H3,(H,13,15). The van der Waals surface area contributed by atoms with E-state index in [0.717, 1.165) is 6.07 Å². The van der Waals surface area contributed by atoms with Crippen LogP contribution in [-0.2, 0) is 0 Å². The highest BCUT2D eigenvalue weighted by atomic mass is 16.6. The molecule has 0 aliphatic rings. The maximum atomic E-state index is 11.9. The Bertz CT molecular complexity index is 493. The highest BCUT2D eigenvalue weighted by Crippen LogP contribution is 2.23. The molecular formula is C12H16N2O5. The highest BCUT2D eigenvalue weighted by molar-refractivity contribution is 5.97. The molecule has 1 aromatic rings. The molecule has 1 amide bonds. The molecule has 7 heteroatoms. The summed E-state index contributed by atoms with van der Waals surface area (Å²) in [7, 11) is 1.37. The third-order valence-electron chi connectivity index (χ3n) is 2.32. The number of methoxy groups -OCH3 is 1. The van der Waals surface area contributed by atoms with Gasteiger partial charge in [0, 0.05) is 18.7 Å². The molecule has 0 atom stereocenters. The zero-order valence-electron chi connectivity index (χ0n) is 11.0. The molecule has 0 bridgehead atoms. The van der Waals surface area contributed by atoms with E-state index < -0.39 is 16.4 Å². The average Bonchev–Trinajstić information content (AvgIpc) is 2.34. The van der Waals surface area contributed by atoms with Crippen molar-refractivity contribution in [1.82, 2.24) is 5.32 Å². The number of benzene rings is 1. The first-order valence-electron chi connectivity index (χ1n) is 5.57. The van der Waals surface area contributed by atoms with Crippen molar-refractivity contribution < 1.29 is 19.6 Å². The minimum atomic E-state index is -1.07. The quantitative estimate of drug-likeness (QED) is 0.615. The SMILES string of the molecule is COc1ccc([N+](=O)[O-])cc1C(=O)NCC(C)(C)O. The normalized spacial score (nSPS) is 10.9. The Hall–Kier alpha value is -2.15. The van der Waals surface area contributed by atoms with Gasteiger partial charge in [-0.2, -0.15) is 0 Å². The van der Waals surface area contributed by atoms with Gasteiger partial charge in [0.2, 0.25) is 0 Å². The van der Waals surface area contributed by atoms with Crippen LogP contribution < -0.4 is 10.1 Å². The first-order chi connectivity index (χ1) is 8.74. The second kappa shape index (κ2) is 5.66. The van der Waals surface area contributed by atoms with Gasteiger partial charge in [0.1, 0.15) is 5.75 Å². The molecule has 0 radical (unpaired) electrons. The predicted molar refractivity (Wildman–Crippen MR) is 68.3 cm³/mol. The van der Waals surface area contributed by atoms with Gasteiger partial charge in [-0.3, -0.25) is 14.9 Å². The van der Waals surface area contributed by atoms with Crippen molar-refractivity contribution in [3.63, 3.8) is 0 Å². The van der Waals surface area contributed by atoms with E-state index in [2.05, 4.69) is 5.32 Å². The van der Waals surface area contributed by atoms with Crippen LogP contribution in [0.1, 0.15) is 24.2 Å². The molecule has 0 aliphatic heterocycles. The molecule has 7 nitrogen and oxygen atoms in total. The summed E-state index contributed by atoms with van der Waals surface area (Å²) in [4.78, 5) is 22.0. The largest absolute Gasteiger partial charge is 0.496 e. The van der Waals surface area contributed by atoms with E-state index in [0.29, 0.717) is 0 Å². The fourth-order valence-corrected chi connectivity index (χ4v) is 1.38. The number of ether oxygens (including phenoxy) is 1. The van der Waals surface area contributed by atoms with Gasteiger partial charge in [0.15, 0.2) is 0 Å². The second-order valence-corrected chi connectivity index (χ2v) is 4.64. The summed E-state index contributed by atoms with van der Waals surface area (Å²) in [6, 6.07) is 3.75. The van der Waals surface area contributed by atoms with E-state index in [9.17, 15) is 20.0 Å². The first kappa shape index (κ1) is 14.9. The third kappa shape index (κ3) is 4.22. The van der Waals surface area contributed by atoms with E-state index in [1.54, 1.807) is 0 Å². The fraction of sp³-hybridized carbons (Fsp3) is 0.417. The Morgan fingerprint density at radius 2 is 2.16 bits per heavy atom. The number of aliphatic hydroxyl groups is 1. The van der Waals surface area contributed by atoms with Crippen LogP contribution in [0.4, 0.5) is 5.69 Å². The van der Waals surface area contributed by atoms with E-state index in [-0.39, 0.29) is 23.5 Å². The molecule has 0 heterocycles. The molecule has 104 valence electrons. The van der Waals surface area contributed by atoms with Crippen molar-refractivity contribution in [3.05, 3.63) is 33.9 Å². The van der Waals surface area contributed by atoms with E-state index in [1.165, 1.54) is 33.1 Å². The van der Waals surface area contributed by atoms with E-state index >= 15 is 0 Å². The van der Waals surface area contributed by atoms with Crippen molar-refractivity contribution in [2.75, 3.05) is 13.7 Å². The molecule has 2 N–H and O–H groups in total. The number of hydrogen-bond donors (Lipinski definition) is 2. The van der Waals surface area contributed by atoms with Crippen molar-refractivity contribution in [3.8, 4) is 5.75 Å². The maximum Gasteiger partial charge on any atom is 0.270 e. The van der Waals surface area contributed by atoms with Crippen LogP contribution in [0.5, 0.6) is 5.75 Å². The smallest absolute Gasteiger partial charge is 0.270 e. The summed E-state index contributed by atoms with van der Waals surface area (Å²) < 4.78 is 4.99. The average molecular weight is 268 g/mol. The molecule has 0 spiro atoms. The van der Waals surface area contributed by atoms with Crippen LogP contribution in [0.3, 0.4) is 0 Å². The van der Waals surface area contributed by atoms with Crippen LogP contribution in [0.25, 0.3) is 0 Å². The maximum absolute atomic E-state index is 11.9. The molecule has 0 saturated carbocycles. The van der Waals surface area contributed by atoms with E-state index in [1.807, 2.05) is 0 Å². The zero-order valence-corrected chi connectivity index (χ0v) is 11.0. The Morgan fingerprint density at radius 3 is 2.63 bits per heavy atom. The Morgan fingerprint density at radius 1 is 1.53 bits per heavy atom. The van der Waals surface area contributed by atoms with Crippen LogP contribution in [0.2, 0.25) is 0 Å². The summed E-state index contributed by atoms with van der Waals surface area (Å²) in [6.07, 6.45) is 0. The number of amides is 1. The first-order valence-corrected chi connectivity index (χ1v) is 5.57. The van der Waals surface area contributed by atoms with E-state index in [4.69, 9.17) is 4.74 Å². The van der Waals surface area contributed by atoms with Gasteiger partial charge in [-0.25, -0.2) is 0 Å². The number of nitro benzene ring substituents is 1. The second-order valence-electron chi connectivity index (χ2n) is 4.64. The number of non-ortho nitro benzene ring substituents is 1. The van der Waals surface area contributed by atoms with Crippen molar-refractivity contribution in [2.45, 2.75) is 19.4 Å². The number of nitro groups is 1. The zero-order chi connectivity index (χ0) is 14.6. The summed E-state index contributed by atoms with van der Waals surface area (Å²) in [5.41, 5.74) is -1.21. The molecular weight excluding hydrogens is 252 g/mol. The van der Waals surface area contributed by atoms with Crippen LogP contribution in [0.15, 0.2) is 18.2 Å². The Labute approximate surface area is 110 Å².